The van der Waals surface area contributed by atoms with Crippen LogP contribution in [-0.4, -0.2) is 9.97 Å². The molecule has 0 saturated carbocycles. The van der Waals surface area contributed by atoms with Gasteiger partial charge in [-0.15, -0.1) is 0 Å². The topological polar surface area (TPSA) is 51.8 Å². The Labute approximate surface area is 117 Å². The van der Waals surface area contributed by atoms with Crippen LogP contribution in [0.3, 0.4) is 0 Å². The molecule has 5 heteroatoms. The lowest BCUT2D eigenvalue weighted by molar-refractivity contribution is 0.640. The van der Waals surface area contributed by atoms with Gasteiger partial charge in [0.25, 0.3) is 0 Å². The number of nitrogen functional groups attached to an aromatic ring is 1. The summed E-state index contributed by atoms with van der Waals surface area (Å²) in [5.74, 6) is 0.583. The number of hydrogen-bond donors (Lipinski definition) is 1. The molecule has 0 atom stereocenters. The van der Waals surface area contributed by atoms with Crippen molar-refractivity contribution in [3.63, 3.8) is 0 Å². The summed E-state index contributed by atoms with van der Waals surface area (Å²) in [7, 11) is 0. The van der Waals surface area contributed by atoms with E-state index >= 15 is 0 Å². The predicted octanol–water partition coefficient (Wildman–Crippen LogP) is 3.78. The van der Waals surface area contributed by atoms with Crippen LogP contribution in [0.1, 0.15) is 0 Å². The van der Waals surface area contributed by atoms with E-state index < -0.39 is 0 Å². The highest BCUT2D eigenvalue weighted by molar-refractivity contribution is 9.10. The van der Waals surface area contributed by atoms with Crippen LogP contribution < -0.4 is 5.73 Å². The Morgan fingerprint density at radius 3 is 2.53 bits per heavy atom. The van der Waals surface area contributed by atoms with Crippen molar-refractivity contribution in [2.75, 3.05) is 5.73 Å². The van der Waals surface area contributed by atoms with Crippen molar-refractivity contribution >= 4 is 32.5 Å². The fourth-order valence-electron chi connectivity index (χ4n) is 1.97. The maximum atomic E-state index is 13.8. The van der Waals surface area contributed by atoms with Crippen molar-refractivity contribution in [2.24, 2.45) is 0 Å². The Bertz CT molecular complexity index is 774. The van der Waals surface area contributed by atoms with Gasteiger partial charge < -0.3 is 5.73 Å². The van der Waals surface area contributed by atoms with Crippen molar-refractivity contribution in [2.45, 2.75) is 0 Å². The van der Waals surface area contributed by atoms with Crippen LogP contribution in [0.5, 0.6) is 0 Å². The molecule has 19 heavy (non-hydrogen) atoms. The smallest absolute Gasteiger partial charge is 0.162 e. The van der Waals surface area contributed by atoms with Crippen LogP contribution in [0, 0.1) is 5.82 Å². The number of aromatic nitrogens is 2. The molecule has 3 rings (SSSR count). The Morgan fingerprint density at radius 1 is 1.05 bits per heavy atom. The number of nitrogens with two attached hydrogens (primary N) is 1. The van der Waals surface area contributed by atoms with E-state index in [0.29, 0.717) is 21.5 Å². The molecule has 2 N–H and O–H groups in total. The molecule has 0 aliphatic heterocycles. The molecule has 0 amide bonds. The van der Waals surface area contributed by atoms with E-state index in [0.717, 1.165) is 10.9 Å². The second-order valence-corrected chi connectivity index (χ2v) is 4.92. The normalized spacial score (nSPS) is 10.8. The predicted molar refractivity (Wildman–Crippen MR) is 77.0 cm³/mol. The van der Waals surface area contributed by atoms with Gasteiger partial charge in [-0.1, -0.05) is 24.3 Å². The van der Waals surface area contributed by atoms with Gasteiger partial charge in [0.05, 0.1) is 4.47 Å². The average molecular weight is 318 g/mol. The summed E-state index contributed by atoms with van der Waals surface area (Å²) in [6.45, 7) is 0. The van der Waals surface area contributed by atoms with Gasteiger partial charge in [-0.3, -0.25) is 0 Å². The molecular weight excluding hydrogens is 309 g/mol. The fraction of sp³-hybridized carbons (Fsp3) is 0. The highest BCUT2D eigenvalue weighted by Gasteiger charge is 2.10. The summed E-state index contributed by atoms with van der Waals surface area (Å²) < 4.78 is 14.4. The first-order valence-electron chi connectivity index (χ1n) is 5.62. The second kappa shape index (κ2) is 4.59. The zero-order valence-electron chi connectivity index (χ0n) is 9.77. The lowest BCUT2D eigenvalue weighted by Crippen LogP contribution is -1.97. The number of hydrogen-bond acceptors (Lipinski definition) is 3. The third kappa shape index (κ3) is 2.06. The maximum Gasteiger partial charge on any atom is 0.162 e. The van der Waals surface area contributed by atoms with Gasteiger partial charge in [-0.2, -0.15) is 0 Å². The first-order chi connectivity index (χ1) is 9.16. The monoisotopic (exact) mass is 317 g/mol. The molecule has 0 radical (unpaired) electrons. The van der Waals surface area contributed by atoms with Crippen LogP contribution in [0.2, 0.25) is 0 Å². The highest BCUT2D eigenvalue weighted by atomic mass is 79.9. The Hall–Kier alpha value is -2.01. The Balaban J connectivity index is 2.31. The number of fused-ring (bicyclic) bond motifs is 1. The third-order valence-corrected chi connectivity index (χ3v) is 3.49. The Kier molecular flexibility index (Phi) is 2.91. The average Bonchev–Trinajstić information content (AvgIpc) is 2.43. The van der Waals surface area contributed by atoms with Crippen molar-refractivity contribution in [3.8, 4) is 11.4 Å². The van der Waals surface area contributed by atoms with Crippen molar-refractivity contribution in [1.82, 2.24) is 9.97 Å². The molecule has 94 valence electrons. The Morgan fingerprint density at radius 2 is 1.79 bits per heavy atom. The first-order valence-corrected chi connectivity index (χ1v) is 6.42. The molecule has 0 saturated heterocycles. The molecule has 1 aromatic heterocycles. The quantitative estimate of drug-likeness (QED) is 0.743. The molecule has 0 bridgehead atoms. The van der Waals surface area contributed by atoms with Crippen LogP contribution in [0.15, 0.2) is 47.1 Å². The zero-order chi connectivity index (χ0) is 13.4. The van der Waals surface area contributed by atoms with Crippen molar-refractivity contribution in [1.29, 1.82) is 0 Å². The summed E-state index contributed by atoms with van der Waals surface area (Å²) >= 11 is 3.25. The molecule has 2 aromatic carbocycles. The van der Waals surface area contributed by atoms with E-state index in [9.17, 15) is 4.39 Å². The standard InChI is InChI=1S/C14H9BrFN3/c15-11-7-18-14(19-13(11)17)10-5-6-12(16)9-4-2-1-3-8(9)10/h1-7H,(H2,17,18,19). The number of rotatable bonds is 1. The van der Waals surface area contributed by atoms with Gasteiger partial charge in [-0.25, -0.2) is 14.4 Å². The molecular formula is C14H9BrFN3. The van der Waals surface area contributed by atoms with E-state index in [1.165, 1.54) is 6.07 Å². The molecule has 3 nitrogen and oxygen atoms in total. The highest BCUT2D eigenvalue weighted by Crippen LogP contribution is 2.29. The SMILES string of the molecule is Nc1nc(-c2ccc(F)c3ccccc23)ncc1Br. The summed E-state index contributed by atoms with van der Waals surface area (Å²) in [5, 5.41) is 1.31. The number of anilines is 1. The van der Waals surface area contributed by atoms with Crippen LogP contribution in [0.4, 0.5) is 10.2 Å². The van der Waals surface area contributed by atoms with Gasteiger partial charge >= 0.3 is 0 Å². The molecule has 0 aliphatic carbocycles. The van der Waals surface area contributed by atoms with E-state index in [1.807, 2.05) is 12.1 Å². The number of halogens is 2. The van der Waals surface area contributed by atoms with Crippen LogP contribution in [0.25, 0.3) is 22.2 Å². The summed E-state index contributed by atoms with van der Waals surface area (Å²) in [4.78, 5) is 8.45. The summed E-state index contributed by atoms with van der Waals surface area (Å²) in [6.07, 6.45) is 1.59. The molecule has 0 unspecified atom stereocenters. The lowest BCUT2D eigenvalue weighted by atomic mass is 10.0. The van der Waals surface area contributed by atoms with Gasteiger partial charge in [-0.05, 0) is 33.4 Å². The number of benzene rings is 2. The van der Waals surface area contributed by atoms with Gasteiger partial charge in [0, 0.05) is 17.1 Å². The maximum absolute atomic E-state index is 13.8. The van der Waals surface area contributed by atoms with E-state index in [-0.39, 0.29) is 5.82 Å². The van der Waals surface area contributed by atoms with Crippen molar-refractivity contribution in [3.05, 3.63) is 52.9 Å². The summed E-state index contributed by atoms with van der Waals surface area (Å²) in [5.41, 5.74) is 6.52. The second-order valence-electron chi connectivity index (χ2n) is 4.07. The third-order valence-electron chi connectivity index (χ3n) is 2.88. The van der Waals surface area contributed by atoms with E-state index in [4.69, 9.17) is 5.73 Å². The van der Waals surface area contributed by atoms with Crippen molar-refractivity contribution < 1.29 is 4.39 Å². The minimum absolute atomic E-state index is 0.260. The molecule has 0 aliphatic rings. The molecule has 0 fully saturated rings. The van der Waals surface area contributed by atoms with E-state index in [2.05, 4.69) is 25.9 Å². The van der Waals surface area contributed by atoms with Gasteiger partial charge in [0.2, 0.25) is 0 Å². The summed E-state index contributed by atoms with van der Waals surface area (Å²) in [6, 6.07) is 10.3. The molecule has 0 spiro atoms. The molecule has 1 heterocycles. The fourth-order valence-corrected chi connectivity index (χ4v) is 2.16. The lowest BCUT2D eigenvalue weighted by Gasteiger charge is -2.07. The number of nitrogens with zero attached hydrogens (tertiary/aromatic N) is 2. The minimum atomic E-state index is -0.260. The van der Waals surface area contributed by atoms with Crippen LogP contribution >= 0.6 is 15.9 Å². The van der Waals surface area contributed by atoms with Gasteiger partial charge in [0.15, 0.2) is 5.82 Å². The van der Waals surface area contributed by atoms with E-state index in [1.54, 1.807) is 24.4 Å². The molecule has 3 aromatic rings. The van der Waals surface area contributed by atoms with Crippen LogP contribution in [-0.2, 0) is 0 Å². The zero-order valence-corrected chi connectivity index (χ0v) is 11.4. The minimum Gasteiger partial charge on any atom is -0.383 e. The largest absolute Gasteiger partial charge is 0.383 e. The first kappa shape index (κ1) is 12.0. The van der Waals surface area contributed by atoms with Gasteiger partial charge in [0.1, 0.15) is 11.6 Å².